The molecule has 0 saturated heterocycles. The van der Waals surface area contributed by atoms with Crippen LogP contribution in [0.2, 0.25) is 0 Å². The van der Waals surface area contributed by atoms with Gasteiger partial charge in [0.1, 0.15) is 12.6 Å². The minimum Gasteiger partial charge on any atom is -0.324 e. The van der Waals surface area contributed by atoms with Crippen LogP contribution in [0.5, 0.6) is 0 Å². The summed E-state index contributed by atoms with van der Waals surface area (Å²) in [7, 11) is 0. The molecule has 0 unspecified atom stereocenters. The number of carbonyl (C=O) groups excluding carboxylic acids is 1. The Balaban J connectivity index is 1.51. The quantitative estimate of drug-likeness (QED) is 0.503. The lowest BCUT2D eigenvalue weighted by atomic mass is 10.0. The van der Waals surface area contributed by atoms with Gasteiger partial charge in [0.05, 0.1) is 5.70 Å². The zero-order chi connectivity index (χ0) is 22.8. The van der Waals surface area contributed by atoms with Gasteiger partial charge in [0.15, 0.2) is 11.6 Å². The van der Waals surface area contributed by atoms with Crippen LogP contribution in [0.1, 0.15) is 17.2 Å². The SMILES string of the molecule is O=C(CN1C(c2ccccc2)=C[C@@H](c2ccccc2)n2nnnc21)Nc1ccc(F)c(F)c1. The van der Waals surface area contributed by atoms with Crippen LogP contribution in [0.4, 0.5) is 20.4 Å². The first-order valence-corrected chi connectivity index (χ1v) is 10.2. The molecule has 0 radical (unpaired) electrons. The topological polar surface area (TPSA) is 75.9 Å². The molecule has 5 rings (SSSR count). The maximum Gasteiger partial charge on any atom is 0.251 e. The van der Waals surface area contributed by atoms with Crippen LogP contribution in [-0.4, -0.2) is 32.7 Å². The van der Waals surface area contributed by atoms with E-state index in [1.165, 1.54) is 6.07 Å². The maximum atomic E-state index is 13.6. The molecule has 1 amide bonds. The molecule has 33 heavy (non-hydrogen) atoms. The van der Waals surface area contributed by atoms with Crippen molar-refractivity contribution in [1.29, 1.82) is 0 Å². The summed E-state index contributed by atoms with van der Waals surface area (Å²) in [4.78, 5) is 14.6. The van der Waals surface area contributed by atoms with E-state index in [0.717, 1.165) is 29.0 Å². The van der Waals surface area contributed by atoms with Crippen molar-refractivity contribution in [2.24, 2.45) is 0 Å². The van der Waals surface area contributed by atoms with Crippen molar-refractivity contribution >= 4 is 23.2 Å². The number of amides is 1. The molecule has 3 aromatic carbocycles. The van der Waals surface area contributed by atoms with Crippen LogP contribution in [0.25, 0.3) is 5.70 Å². The molecule has 1 N–H and O–H groups in total. The normalized spacial score (nSPS) is 15.0. The number of carbonyl (C=O) groups is 1. The number of nitrogens with one attached hydrogen (secondary N) is 1. The van der Waals surface area contributed by atoms with E-state index in [1.807, 2.05) is 66.7 Å². The molecular weight excluding hydrogens is 426 g/mol. The summed E-state index contributed by atoms with van der Waals surface area (Å²) in [5.74, 6) is -2.06. The number of nitrogens with zero attached hydrogens (tertiary/aromatic N) is 5. The first kappa shape index (κ1) is 20.5. The number of fused-ring (bicyclic) bond motifs is 1. The minimum atomic E-state index is -1.04. The summed E-state index contributed by atoms with van der Waals surface area (Å²) < 4.78 is 28.4. The lowest BCUT2D eigenvalue weighted by Crippen LogP contribution is -2.37. The van der Waals surface area contributed by atoms with Crippen molar-refractivity contribution in [3.63, 3.8) is 0 Å². The van der Waals surface area contributed by atoms with Crippen molar-refractivity contribution in [3.05, 3.63) is 108 Å². The Kier molecular flexibility index (Phi) is 5.35. The van der Waals surface area contributed by atoms with Gasteiger partial charge in [-0.25, -0.2) is 8.78 Å². The largest absolute Gasteiger partial charge is 0.324 e. The number of anilines is 2. The molecule has 9 heteroatoms. The third-order valence-electron chi connectivity index (χ3n) is 5.30. The van der Waals surface area contributed by atoms with Gasteiger partial charge >= 0.3 is 0 Å². The third-order valence-corrected chi connectivity index (χ3v) is 5.30. The van der Waals surface area contributed by atoms with Gasteiger partial charge in [0.2, 0.25) is 5.91 Å². The fourth-order valence-electron chi connectivity index (χ4n) is 3.79. The van der Waals surface area contributed by atoms with E-state index in [0.29, 0.717) is 5.95 Å². The molecule has 164 valence electrons. The van der Waals surface area contributed by atoms with Gasteiger partial charge in [-0.15, -0.1) is 0 Å². The van der Waals surface area contributed by atoms with Crippen molar-refractivity contribution < 1.29 is 13.6 Å². The summed E-state index contributed by atoms with van der Waals surface area (Å²) >= 11 is 0. The van der Waals surface area contributed by atoms with E-state index in [1.54, 1.807) is 9.58 Å². The van der Waals surface area contributed by atoms with Gasteiger partial charge in [-0.1, -0.05) is 65.8 Å². The number of halogens is 2. The molecule has 0 aliphatic carbocycles. The predicted octanol–water partition coefficient (Wildman–Crippen LogP) is 4.04. The molecule has 2 heterocycles. The second-order valence-electron chi connectivity index (χ2n) is 7.46. The van der Waals surface area contributed by atoms with E-state index >= 15 is 0 Å². The number of hydrogen-bond donors (Lipinski definition) is 1. The van der Waals surface area contributed by atoms with E-state index in [-0.39, 0.29) is 18.3 Å². The lowest BCUT2D eigenvalue weighted by molar-refractivity contribution is -0.114. The summed E-state index contributed by atoms with van der Waals surface area (Å²) in [5, 5.41) is 14.8. The third kappa shape index (κ3) is 4.08. The highest BCUT2D eigenvalue weighted by molar-refractivity contribution is 5.97. The Bertz CT molecular complexity index is 1320. The molecule has 0 fully saturated rings. The van der Waals surface area contributed by atoms with Gasteiger partial charge in [0, 0.05) is 11.8 Å². The summed E-state index contributed by atoms with van der Waals surface area (Å²) in [5.41, 5.74) is 2.79. The molecule has 1 aliphatic rings. The van der Waals surface area contributed by atoms with Crippen molar-refractivity contribution in [1.82, 2.24) is 20.2 Å². The molecule has 0 saturated carbocycles. The Morgan fingerprint density at radius 3 is 2.39 bits per heavy atom. The average molecular weight is 444 g/mol. The van der Waals surface area contributed by atoms with Gasteiger partial charge in [0.25, 0.3) is 5.95 Å². The van der Waals surface area contributed by atoms with Crippen LogP contribution in [0, 0.1) is 11.6 Å². The number of benzene rings is 3. The van der Waals surface area contributed by atoms with Crippen LogP contribution in [-0.2, 0) is 4.79 Å². The highest BCUT2D eigenvalue weighted by Gasteiger charge is 2.31. The fourth-order valence-corrected chi connectivity index (χ4v) is 3.79. The first-order valence-electron chi connectivity index (χ1n) is 10.2. The lowest BCUT2D eigenvalue weighted by Gasteiger charge is -2.32. The highest BCUT2D eigenvalue weighted by Crippen LogP contribution is 2.36. The number of tetrazole rings is 1. The number of hydrogen-bond acceptors (Lipinski definition) is 5. The van der Waals surface area contributed by atoms with Crippen molar-refractivity contribution in [2.75, 3.05) is 16.8 Å². The van der Waals surface area contributed by atoms with Gasteiger partial charge in [-0.2, -0.15) is 4.68 Å². The highest BCUT2D eigenvalue weighted by atomic mass is 19.2. The van der Waals surface area contributed by atoms with Crippen molar-refractivity contribution in [3.8, 4) is 0 Å². The molecule has 1 aliphatic heterocycles. The number of allylic oxidation sites excluding steroid dienone is 1. The molecule has 0 spiro atoms. The van der Waals surface area contributed by atoms with Crippen LogP contribution in [0.15, 0.2) is 84.9 Å². The van der Waals surface area contributed by atoms with Crippen LogP contribution >= 0.6 is 0 Å². The van der Waals surface area contributed by atoms with E-state index in [2.05, 4.69) is 20.8 Å². The first-order chi connectivity index (χ1) is 16.1. The Morgan fingerprint density at radius 1 is 0.939 bits per heavy atom. The summed E-state index contributed by atoms with van der Waals surface area (Å²) in [6.45, 7) is -0.137. The Morgan fingerprint density at radius 2 is 1.67 bits per heavy atom. The van der Waals surface area contributed by atoms with Gasteiger partial charge in [-0.3, -0.25) is 9.69 Å². The molecule has 4 aromatic rings. The second-order valence-corrected chi connectivity index (χ2v) is 7.46. The average Bonchev–Trinajstić information content (AvgIpc) is 3.33. The summed E-state index contributed by atoms with van der Waals surface area (Å²) in [6.07, 6.45) is 2.00. The van der Waals surface area contributed by atoms with E-state index < -0.39 is 17.5 Å². The summed E-state index contributed by atoms with van der Waals surface area (Å²) in [6, 6.07) is 22.3. The zero-order valence-corrected chi connectivity index (χ0v) is 17.3. The molecule has 1 aromatic heterocycles. The van der Waals surface area contributed by atoms with E-state index in [9.17, 15) is 13.6 Å². The Hall–Kier alpha value is -4.40. The van der Waals surface area contributed by atoms with Crippen molar-refractivity contribution in [2.45, 2.75) is 6.04 Å². The number of aromatic nitrogens is 4. The smallest absolute Gasteiger partial charge is 0.251 e. The minimum absolute atomic E-state index is 0.137. The number of rotatable bonds is 5. The molecule has 0 bridgehead atoms. The van der Waals surface area contributed by atoms with Crippen LogP contribution in [0.3, 0.4) is 0 Å². The fraction of sp³-hybridized carbons (Fsp3) is 0.0833. The van der Waals surface area contributed by atoms with Gasteiger partial charge in [-0.05, 0) is 39.8 Å². The predicted molar refractivity (Wildman–Crippen MR) is 119 cm³/mol. The molecular formula is C24H18F2N6O. The molecule has 1 atom stereocenters. The standard InChI is InChI=1S/C24H18F2N6O/c25-19-12-11-18(13-20(19)26)27-23(33)15-31-21(16-7-3-1-4-8-16)14-22(17-9-5-2-6-10-17)32-24(31)28-29-30-32/h1-14,22H,15H2,(H,27,33)/t22-/m0/s1. The monoisotopic (exact) mass is 444 g/mol. The van der Waals surface area contributed by atoms with Crippen LogP contribution < -0.4 is 10.2 Å². The second kappa shape index (κ2) is 8.62. The zero-order valence-electron chi connectivity index (χ0n) is 17.3. The Labute approximate surface area is 188 Å². The maximum absolute atomic E-state index is 13.6. The molecule has 7 nitrogen and oxygen atoms in total. The van der Waals surface area contributed by atoms with E-state index in [4.69, 9.17) is 0 Å². The van der Waals surface area contributed by atoms with Gasteiger partial charge < -0.3 is 5.32 Å².